The lowest BCUT2D eigenvalue weighted by Crippen LogP contribution is -2.48. The van der Waals surface area contributed by atoms with E-state index in [1.807, 2.05) is 31.2 Å². The van der Waals surface area contributed by atoms with E-state index < -0.39 is 12.1 Å². The van der Waals surface area contributed by atoms with Crippen molar-refractivity contribution in [1.82, 2.24) is 16.0 Å². The summed E-state index contributed by atoms with van der Waals surface area (Å²) in [5.41, 5.74) is 0.956. The van der Waals surface area contributed by atoms with Gasteiger partial charge < -0.3 is 10.1 Å². The number of methoxy groups -OCH3 is 1. The zero-order chi connectivity index (χ0) is 15.8. The molecule has 1 aromatic rings. The third kappa shape index (κ3) is 5.07. The van der Waals surface area contributed by atoms with Crippen LogP contribution in [0.2, 0.25) is 0 Å². The van der Waals surface area contributed by atoms with Crippen molar-refractivity contribution < 1.29 is 14.3 Å². The Bertz CT molecular complexity index is 491. The number of nitrogens with one attached hydrogen (secondary N) is 3. The van der Waals surface area contributed by atoms with Crippen LogP contribution in [0.1, 0.15) is 32.4 Å². The Morgan fingerprint density at radius 3 is 2.52 bits per heavy atom. The standard InChI is InChI=1S/C15H23N3O3/c1-5-16-15(20)18-14(19)11(3)17-10(2)12-8-6-7-9-13(12)21-4/h6-11,17H,5H2,1-4H3,(H2,16,18,19,20)/t10-,11?/m1/s1. The number of hydrogen-bond acceptors (Lipinski definition) is 4. The first-order valence-electron chi connectivity index (χ1n) is 6.97. The molecule has 21 heavy (non-hydrogen) atoms. The highest BCUT2D eigenvalue weighted by Crippen LogP contribution is 2.24. The lowest BCUT2D eigenvalue weighted by atomic mass is 10.1. The topological polar surface area (TPSA) is 79.5 Å². The molecule has 0 spiro atoms. The van der Waals surface area contributed by atoms with Gasteiger partial charge in [-0.25, -0.2) is 4.79 Å². The minimum absolute atomic E-state index is 0.0869. The van der Waals surface area contributed by atoms with E-state index >= 15 is 0 Å². The Labute approximate surface area is 125 Å². The minimum Gasteiger partial charge on any atom is -0.496 e. The van der Waals surface area contributed by atoms with Crippen molar-refractivity contribution in [3.05, 3.63) is 29.8 Å². The molecule has 0 saturated carbocycles. The van der Waals surface area contributed by atoms with Gasteiger partial charge in [0, 0.05) is 18.2 Å². The minimum atomic E-state index is -0.507. The molecule has 116 valence electrons. The molecule has 6 heteroatoms. The van der Waals surface area contributed by atoms with Gasteiger partial charge in [0.1, 0.15) is 5.75 Å². The van der Waals surface area contributed by atoms with Gasteiger partial charge in [0.15, 0.2) is 0 Å². The molecule has 1 rings (SSSR count). The van der Waals surface area contributed by atoms with E-state index in [1.165, 1.54) is 0 Å². The number of para-hydroxylation sites is 1. The summed E-state index contributed by atoms with van der Waals surface area (Å²) in [5, 5.41) is 7.95. The summed E-state index contributed by atoms with van der Waals surface area (Å²) in [6.07, 6.45) is 0. The number of carbonyl (C=O) groups is 2. The summed E-state index contributed by atoms with van der Waals surface area (Å²) < 4.78 is 5.30. The normalized spacial score (nSPS) is 13.1. The molecule has 0 aliphatic carbocycles. The Morgan fingerprint density at radius 1 is 1.24 bits per heavy atom. The molecule has 0 radical (unpaired) electrons. The zero-order valence-electron chi connectivity index (χ0n) is 12.9. The van der Waals surface area contributed by atoms with Crippen LogP contribution in [0.3, 0.4) is 0 Å². The molecule has 3 amide bonds. The summed E-state index contributed by atoms with van der Waals surface area (Å²) >= 11 is 0. The Balaban J connectivity index is 2.63. The largest absolute Gasteiger partial charge is 0.496 e. The molecular weight excluding hydrogens is 270 g/mol. The Morgan fingerprint density at radius 2 is 1.90 bits per heavy atom. The Kier molecular flexibility index (Phi) is 6.68. The van der Waals surface area contributed by atoms with Crippen LogP contribution in [-0.4, -0.2) is 31.6 Å². The highest BCUT2D eigenvalue weighted by molar-refractivity contribution is 5.96. The van der Waals surface area contributed by atoms with E-state index in [1.54, 1.807) is 21.0 Å². The summed E-state index contributed by atoms with van der Waals surface area (Å²) in [4.78, 5) is 23.2. The van der Waals surface area contributed by atoms with Gasteiger partial charge in [-0.05, 0) is 26.8 Å². The number of urea groups is 1. The molecule has 0 saturated heterocycles. The average molecular weight is 293 g/mol. The fourth-order valence-corrected chi connectivity index (χ4v) is 1.99. The van der Waals surface area contributed by atoms with Gasteiger partial charge in [0.25, 0.3) is 0 Å². The molecule has 0 heterocycles. The van der Waals surface area contributed by atoms with Crippen LogP contribution >= 0.6 is 0 Å². The first-order valence-corrected chi connectivity index (χ1v) is 6.97. The predicted molar refractivity (Wildman–Crippen MR) is 81.2 cm³/mol. The van der Waals surface area contributed by atoms with Gasteiger partial charge in [0.2, 0.25) is 5.91 Å². The van der Waals surface area contributed by atoms with Gasteiger partial charge in [-0.3, -0.25) is 15.4 Å². The van der Waals surface area contributed by atoms with E-state index in [9.17, 15) is 9.59 Å². The van der Waals surface area contributed by atoms with Crippen LogP contribution < -0.4 is 20.7 Å². The van der Waals surface area contributed by atoms with Crippen LogP contribution in [0.25, 0.3) is 0 Å². The third-order valence-electron chi connectivity index (χ3n) is 3.07. The van der Waals surface area contributed by atoms with Crippen molar-refractivity contribution >= 4 is 11.9 Å². The molecule has 1 aromatic carbocycles. The van der Waals surface area contributed by atoms with Crippen molar-refractivity contribution in [2.75, 3.05) is 13.7 Å². The van der Waals surface area contributed by atoms with Gasteiger partial charge >= 0.3 is 6.03 Å². The molecule has 0 bridgehead atoms. The number of hydrogen-bond donors (Lipinski definition) is 3. The summed E-state index contributed by atoms with van der Waals surface area (Å²) in [6.45, 7) is 5.91. The Hall–Kier alpha value is -2.08. The molecule has 0 fully saturated rings. The second-order valence-corrected chi connectivity index (χ2v) is 4.70. The van der Waals surface area contributed by atoms with Crippen molar-refractivity contribution in [3.8, 4) is 5.75 Å². The summed E-state index contributed by atoms with van der Waals surface area (Å²) in [7, 11) is 1.61. The second-order valence-electron chi connectivity index (χ2n) is 4.70. The van der Waals surface area contributed by atoms with E-state index in [0.29, 0.717) is 6.54 Å². The number of ether oxygens (including phenoxy) is 1. The number of amides is 3. The fourth-order valence-electron chi connectivity index (χ4n) is 1.99. The first kappa shape index (κ1) is 17.0. The fraction of sp³-hybridized carbons (Fsp3) is 0.467. The van der Waals surface area contributed by atoms with E-state index in [0.717, 1.165) is 11.3 Å². The smallest absolute Gasteiger partial charge is 0.321 e. The number of rotatable bonds is 6. The molecule has 3 N–H and O–H groups in total. The van der Waals surface area contributed by atoms with Gasteiger partial charge in [-0.15, -0.1) is 0 Å². The maximum atomic E-state index is 11.9. The predicted octanol–water partition coefficient (Wildman–Crippen LogP) is 1.58. The van der Waals surface area contributed by atoms with Crippen LogP contribution in [0.5, 0.6) is 5.75 Å². The molecule has 0 aromatic heterocycles. The molecule has 0 aliphatic rings. The van der Waals surface area contributed by atoms with Crippen molar-refractivity contribution in [2.45, 2.75) is 32.9 Å². The summed E-state index contributed by atoms with van der Waals surface area (Å²) in [6, 6.07) is 6.53. The lowest BCUT2D eigenvalue weighted by molar-refractivity contribution is -0.121. The van der Waals surface area contributed by atoms with Crippen LogP contribution in [0.15, 0.2) is 24.3 Å². The number of benzene rings is 1. The van der Waals surface area contributed by atoms with E-state index in [-0.39, 0.29) is 11.9 Å². The number of carbonyl (C=O) groups excluding carboxylic acids is 2. The third-order valence-corrected chi connectivity index (χ3v) is 3.07. The SMILES string of the molecule is CCNC(=O)NC(=O)C(C)N[C@H](C)c1ccccc1OC. The van der Waals surface area contributed by atoms with Gasteiger partial charge in [-0.1, -0.05) is 18.2 Å². The van der Waals surface area contributed by atoms with Crippen molar-refractivity contribution in [2.24, 2.45) is 0 Å². The van der Waals surface area contributed by atoms with Gasteiger partial charge in [-0.2, -0.15) is 0 Å². The van der Waals surface area contributed by atoms with Crippen molar-refractivity contribution in [3.63, 3.8) is 0 Å². The van der Waals surface area contributed by atoms with Crippen molar-refractivity contribution in [1.29, 1.82) is 0 Å². The molecule has 6 nitrogen and oxygen atoms in total. The quantitative estimate of drug-likeness (QED) is 0.744. The molecule has 1 unspecified atom stereocenters. The summed E-state index contributed by atoms with van der Waals surface area (Å²) in [5.74, 6) is 0.386. The van der Waals surface area contributed by atoms with E-state index in [4.69, 9.17) is 4.74 Å². The number of imide groups is 1. The first-order chi connectivity index (χ1) is 9.99. The second kappa shape index (κ2) is 8.26. The highest BCUT2D eigenvalue weighted by atomic mass is 16.5. The highest BCUT2D eigenvalue weighted by Gasteiger charge is 2.19. The van der Waals surface area contributed by atoms with Crippen LogP contribution in [0, 0.1) is 0 Å². The van der Waals surface area contributed by atoms with Crippen LogP contribution in [0.4, 0.5) is 4.79 Å². The molecule has 0 aliphatic heterocycles. The zero-order valence-corrected chi connectivity index (χ0v) is 12.9. The maximum absolute atomic E-state index is 11.9. The maximum Gasteiger partial charge on any atom is 0.321 e. The van der Waals surface area contributed by atoms with Crippen LogP contribution in [-0.2, 0) is 4.79 Å². The van der Waals surface area contributed by atoms with E-state index in [2.05, 4.69) is 16.0 Å². The lowest BCUT2D eigenvalue weighted by Gasteiger charge is -2.21. The molecular formula is C15H23N3O3. The molecule has 2 atom stereocenters. The van der Waals surface area contributed by atoms with Gasteiger partial charge in [0.05, 0.1) is 13.2 Å². The average Bonchev–Trinajstić information content (AvgIpc) is 2.47. The monoisotopic (exact) mass is 293 g/mol.